The van der Waals surface area contributed by atoms with Crippen molar-refractivity contribution in [3.05, 3.63) is 34.2 Å². The number of benzene rings is 1. The molecule has 1 aliphatic rings. The van der Waals surface area contributed by atoms with Crippen LogP contribution in [0.1, 0.15) is 51.6 Å². The topological polar surface area (TPSA) is 119 Å². The molecule has 1 saturated heterocycles. The number of likely N-dealkylation sites (tertiary alicyclic amines) is 1. The van der Waals surface area contributed by atoms with E-state index in [1.807, 2.05) is 13.8 Å². The van der Waals surface area contributed by atoms with Crippen molar-refractivity contribution in [3.63, 3.8) is 0 Å². The molecular weight excluding hydrogens is 492 g/mol. The van der Waals surface area contributed by atoms with Gasteiger partial charge in [0, 0.05) is 32.9 Å². The molecule has 0 bridgehead atoms. The summed E-state index contributed by atoms with van der Waals surface area (Å²) >= 11 is 0. The molecule has 37 heavy (non-hydrogen) atoms. The molecule has 0 amide bonds. The van der Waals surface area contributed by atoms with Crippen molar-refractivity contribution in [3.8, 4) is 17.1 Å². The number of aryl methyl sites for hydroxylation is 2. The van der Waals surface area contributed by atoms with Gasteiger partial charge in [0.1, 0.15) is 17.1 Å². The molecule has 1 atom stereocenters. The largest absolute Gasteiger partial charge is 0.493 e. The third-order valence-electron chi connectivity index (χ3n) is 7.26. The van der Waals surface area contributed by atoms with Crippen molar-refractivity contribution >= 4 is 21.1 Å². The van der Waals surface area contributed by atoms with Crippen LogP contribution in [-0.2, 0) is 23.5 Å². The number of nitrogens with one attached hydrogen (secondary N) is 2. The Labute approximate surface area is 218 Å². The number of aromatic nitrogens is 4. The molecule has 0 radical (unpaired) electrons. The number of fused-ring (bicyclic) bond motifs is 1. The van der Waals surface area contributed by atoms with Crippen LogP contribution < -0.4 is 15.0 Å². The minimum Gasteiger partial charge on any atom is -0.493 e. The molecule has 1 fully saturated rings. The third kappa shape index (κ3) is 5.73. The van der Waals surface area contributed by atoms with E-state index in [4.69, 9.17) is 9.72 Å². The van der Waals surface area contributed by atoms with Gasteiger partial charge >= 0.3 is 0 Å². The molecule has 1 unspecified atom stereocenters. The zero-order valence-corrected chi connectivity index (χ0v) is 23.3. The van der Waals surface area contributed by atoms with Crippen molar-refractivity contribution < 1.29 is 17.6 Å². The summed E-state index contributed by atoms with van der Waals surface area (Å²) in [6, 6.07) is 5.15. The first kappa shape index (κ1) is 27.3. The number of hydrogen-bond donors (Lipinski definition) is 2. The van der Waals surface area contributed by atoms with Gasteiger partial charge in [0.15, 0.2) is 5.52 Å². The number of ether oxygens (including phenoxy) is 1. The first-order valence-electron chi connectivity index (χ1n) is 13.1. The van der Waals surface area contributed by atoms with Gasteiger partial charge in [0.05, 0.1) is 49.4 Å². The molecular formula is C26H39N6O4S+. The number of rotatable bonds is 11. The Morgan fingerprint density at radius 1 is 1.24 bits per heavy atom. The van der Waals surface area contributed by atoms with Gasteiger partial charge in [0.25, 0.3) is 5.56 Å². The first-order valence-corrected chi connectivity index (χ1v) is 14.6. The zero-order valence-electron chi connectivity index (χ0n) is 22.5. The molecule has 3 heterocycles. The fourth-order valence-electron chi connectivity index (χ4n) is 5.18. The van der Waals surface area contributed by atoms with Crippen LogP contribution >= 0.6 is 0 Å². The minimum atomic E-state index is -3.77. The second-order valence-corrected chi connectivity index (χ2v) is 12.2. The highest BCUT2D eigenvalue weighted by Crippen LogP contribution is 2.31. The maximum absolute atomic E-state index is 13.2. The predicted octanol–water partition coefficient (Wildman–Crippen LogP) is 2.97. The zero-order chi connectivity index (χ0) is 26.8. The second-order valence-electron chi connectivity index (χ2n) is 10.4. The Kier molecular flexibility index (Phi) is 8.05. The van der Waals surface area contributed by atoms with Crippen molar-refractivity contribution in [2.24, 2.45) is 7.05 Å². The summed E-state index contributed by atoms with van der Waals surface area (Å²) < 4.78 is 37.6. The van der Waals surface area contributed by atoms with E-state index in [0.29, 0.717) is 48.0 Å². The van der Waals surface area contributed by atoms with E-state index in [2.05, 4.69) is 28.9 Å². The summed E-state index contributed by atoms with van der Waals surface area (Å²) in [5.41, 5.74) is 1.75. The van der Waals surface area contributed by atoms with Gasteiger partial charge in [-0.05, 0) is 31.0 Å². The lowest BCUT2D eigenvalue weighted by Crippen LogP contribution is -2.45. The fourth-order valence-corrected chi connectivity index (χ4v) is 6.26. The minimum absolute atomic E-state index is 0.106. The fraction of sp³-hybridized carbons (Fsp3) is 0.577. The lowest BCUT2D eigenvalue weighted by molar-refractivity contribution is -0.902. The van der Waals surface area contributed by atoms with Crippen molar-refractivity contribution in [2.45, 2.75) is 63.3 Å². The van der Waals surface area contributed by atoms with Crippen LogP contribution in [0.25, 0.3) is 22.4 Å². The van der Waals surface area contributed by atoms with E-state index in [-0.39, 0.29) is 16.3 Å². The molecule has 3 aromatic rings. The summed E-state index contributed by atoms with van der Waals surface area (Å²) in [4.78, 5) is 20.7. The van der Waals surface area contributed by atoms with Crippen LogP contribution in [0, 0.1) is 0 Å². The van der Waals surface area contributed by atoms with Crippen LogP contribution in [0.3, 0.4) is 0 Å². The van der Waals surface area contributed by atoms with Gasteiger partial charge in [0.2, 0.25) is 10.0 Å². The quantitative estimate of drug-likeness (QED) is 0.367. The van der Waals surface area contributed by atoms with E-state index in [1.54, 1.807) is 17.8 Å². The highest BCUT2D eigenvalue weighted by Gasteiger charge is 2.33. The standard InChI is InChI=1S/C26H38N6O4S/c1-6-9-21-23-24(31(3)30-21)26(33)29-25(28-23)20-17-19(11-12-22(20)36-16-7-2)37(34,35)27-14-13-18-10-8-15-32(18,4)5/h11-12,17-18,27H,6-10,13-16H2,1-5H3/p+1. The summed E-state index contributed by atoms with van der Waals surface area (Å²) in [6.45, 7) is 5.97. The number of quaternary nitrogens is 1. The van der Waals surface area contributed by atoms with Crippen molar-refractivity contribution in [1.29, 1.82) is 0 Å². The molecule has 0 aliphatic carbocycles. The van der Waals surface area contributed by atoms with Gasteiger partial charge in [-0.25, -0.2) is 18.1 Å². The number of sulfonamides is 1. The van der Waals surface area contributed by atoms with Crippen LogP contribution in [0.2, 0.25) is 0 Å². The number of H-pyrrole nitrogens is 1. The molecule has 4 rings (SSSR count). The van der Waals surface area contributed by atoms with Gasteiger partial charge in [-0.15, -0.1) is 0 Å². The van der Waals surface area contributed by atoms with E-state index < -0.39 is 10.0 Å². The molecule has 0 saturated carbocycles. The molecule has 1 aromatic carbocycles. The SMILES string of the molecule is CCCOc1ccc(S(=O)(=O)NCCC2CCC[N+]2(C)C)cc1-c1nc2c(CCC)nn(C)c2c(=O)[nH]1. The Morgan fingerprint density at radius 3 is 2.70 bits per heavy atom. The monoisotopic (exact) mass is 531 g/mol. The Morgan fingerprint density at radius 2 is 2.03 bits per heavy atom. The third-order valence-corrected chi connectivity index (χ3v) is 8.72. The summed E-state index contributed by atoms with van der Waals surface area (Å²) in [5, 5.41) is 4.48. The molecule has 0 spiro atoms. The molecule has 10 nitrogen and oxygen atoms in total. The molecule has 202 valence electrons. The summed E-state index contributed by atoms with van der Waals surface area (Å²) in [7, 11) is 2.35. The van der Waals surface area contributed by atoms with Crippen LogP contribution in [0.4, 0.5) is 0 Å². The average molecular weight is 532 g/mol. The molecule has 2 aromatic heterocycles. The number of nitrogens with zero attached hydrogens (tertiary/aromatic N) is 4. The summed E-state index contributed by atoms with van der Waals surface area (Å²) in [6.07, 6.45) is 5.38. The van der Waals surface area contributed by atoms with Crippen LogP contribution in [0.5, 0.6) is 5.75 Å². The van der Waals surface area contributed by atoms with Crippen LogP contribution in [-0.4, -0.2) is 72.5 Å². The Bertz CT molecular complexity index is 1430. The van der Waals surface area contributed by atoms with E-state index >= 15 is 0 Å². The molecule has 1 aliphatic heterocycles. The van der Waals surface area contributed by atoms with Gasteiger partial charge in [-0.1, -0.05) is 20.3 Å². The van der Waals surface area contributed by atoms with Crippen molar-refractivity contribution in [2.75, 3.05) is 33.8 Å². The predicted molar refractivity (Wildman–Crippen MR) is 144 cm³/mol. The maximum atomic E-state index is 13.2. The van der Waals surface area contributed by atoms with Crippen molar-refractivity contribution in [1.82, 2.24) is 24.5 Å². The normalized spacial score (nSPS) is 17.5. The molecule has 2 N–H and O–H groups in total. The molecule has 11 heteroatoms. The Hall–Kier alpha value is -2.76. The van der Waals surface area contributed by atoms with E-state index in [0.717, 1.165) is 42.4 Å². The second kappa shape index (κ2) is 10.9. The first-order chi connectivity index (χ1) is 17.6. The number of hydrogen-bond acceptors (Lipinski definition) is 6. The lowest BCUT2D eigenvalue weighted by Gasteiger charge is -2.31. The number of aromatic amines is 1. The smallest absolute Gasteiger partial charge is 0.277 e. The lowest BCUT2D eigenvalue weighted by atomic mass is 10.1. The highest BCUT2D eigenvalue weighted by atomic mass is 32.2. The van der Waals surface area contributed by atoms with Gasteiger partial charge in [-0.2, -0.15) is 5.10 Å². The van der Waals surface area contributed by atoms with Gasteiger partial charge < -0.3 is 14.2 Å². The van der Waals surface area contributed by atoms with Gasteiger partial charge in [-0.3, -0.25) is 9.48 Å². The highest BCUT2D eigenvalue weighted by molar-refractivity contribution is 7.89. The Balaban J connectivity index is 1.69. The average Bonchev–Trinajstić information content (AvgIpc) is 3.35. The van der Waals surface area contributed by atoms with Crippen LogP contribution in [0.15, 0.2) is 27.9 Å². The maximum Gasteiger partial charge on any atom is 0.277 e. The van der Waals surface area contributed by atoms with E-state index in [1.165, 1.54) is 18.6 Å². The summed E-state index contributed by atoms with van der Waals surface area (Å²) in [5.74, 6) is 0.727. The van der Waals surface area contributed by atoms with E-state index in [9.17, 15) is 13.2 Å².